The van der Waals surface area contributed by atoms with Gasteiger partial charge in [-0.3, -0.25) is 4.79 Å². The minimum atomic E-state index is -0.876. The molecule has 2 nitrogen and oxygen atoms in total. The maximum Gasteiger partial charge on any atom is 0.307 e. The van der Waals surface area contributed by atoms with Crippen LogP contribution in [-0.4, -0.2) is 11.1 Å². The lowest BCUT2D eigenvalue weighted by atomic mass is 10.4. The third-order valence-electron chi connectivity index (χ3n) is 0.875. The number of hydrogen-bond donors (Lipinski definition) is 1. The molecule has 0 fully saturated rings. The summed E-state index contributed by atoms with van der Waals surface area (Å²) in [4.78, 5) is 10.0. The second kappa shape index (κ2) is 7.95. The van der Waals surface area contributed by atoms with Crippen LogP contribution in [0.15, 0.2) is 30.5 Å². The minimum Gasteiger partial charge on any atom is -0.481 e. The second-order valence-electron chi connectivity index (χ2n) is 1.89. The van der Waals surface area contributed by atoms with Crippen molar-refractivity contribution in [2.45, 2.75) is 6.42 Å². The molecule has 0 aliphatic rings. The van der Waals surface area contributed by atoms with Crippen LogP contribution in [0.2, 0.25) is 0 Å². The molecule has 1 N–H and O–H groups in total. The Morgan fingerprint density at radius 1 is 1.38 bits per heavy atom. The molecule has 0 heterocycles. The van der Waals surface area contributed by atoms with Gasteiger partial charge in [-0.25, -0.2) is 0 Å². The molecule has 0 saturated heterocycles. The molecule has 0 unspecified atom stereocenters. The van der Waals surface area contributed by atoms with Gasteiger partial charge in [0.2, 0.25) is 0 Å². The lowest BCUT2D eigenvalue weighted by molar-refractivity contribution is -0.135. The Hall–Kier alpha value is -2.15. The summed E-state index contributed by atoms with van der Waals surface area (Å²) in [5.41, 5.74) is 2.47. The third kappa shape index (κ3) is 9.85. The van der Waals surface area contributed by atoms with Gasteiger partial charge in [-0.2, -0.15) is 0 Å². The fraction of sp³-hybridized carbons (Fsp3) is 0.0909. The first-order valence-corrected chi connectivity index (χ1v) is 3.49. The highest BCUT2D eigenvalue weighted by molar-refractivity contribution is 5.68. The quantitative estimate of drug-likeness (QED) is 0.504. The van der Waals surface area contributed by atoms with Gasteiger partial charge in [0.05, 0.1) is 6.42 Å². The van der Waals surface area contributed by atoms with E-state index in [1.54, 1.807) is 0 Å². The topological polar surface area (TPSA) is 37.3 Å². The molecule has 64 valence electrons. The van der Waals surface area contributed by atoms with Crippen LogP contribution in [0.1, 0.15) is 6.42 Å². The molecule has 2 heteroatoms. The van der Waals surface area contributed by atoms with Gasteiger partial charge in [-0.1, -0.05) is 24.5 Å². The van der Waals surface area contributed by atoms with Gasteiger partial charge in [0.25, 0.3) is 0 Å². The summed E-state index contributed by atoms with van der Waals surface area (Å²) >= 11 is 0. The van der Waals surface area contributed by atoms with Gasteiger partial charge in [0.1, 0.15) is 0 Å². The maximum absolute atomic E-state index is 10.0. The molecule has 13 heavy (non-hydrogen) atoms. The van der Waals surface area contributed by atoms with Gasteiger partial charge in [-0.15, -0.1) is 5.73 Å². The highest BCUT2D eigenvalue weighted by Gasteiger charge is 1.86. The molecular formula is C11H8O2. The summed E-state index contributed by atoms with van der Waals surface area (Å²) in [7, 11) is 0. The van der Waals surface area contributed by atoms with Crippen molar-refractivity contribution in [3.05, 3.63) is 30.5 Å². The van der Waals surface area contributed by atoms with Gasteiger partial charge >= 0.3 is 5.97 Å². The van der Waals surface area contributed by atoms with Gasteiger partial charge in [0, 0.05) is 6.08 Å². The fourth-order valence-corrected chi connectivity index (χ4v) is 0.420. The van der Waals surface area contributed by atoms with E-state index >= 15 is 0 Å². The summed E-state index contributed by atoms with van der Waals surface area (Å²) < 4.78 is 0. The van der Waals surface area contributed by atoms with E-state index in [2.05, 4.69) is 36.0 Å². The predicted molar refractivity (Wildman–Crippen MR) is 50.7 cm³/mol. The summed E-state index contributed by atoms with van der Waals surface area (Å²) in [6, 6.07) is 0. The van der Waals surface area contributed by atoms with Gasteiger partial charge in [-0.05, 0) is 17.9 Å². The highest BCUT2D eigenvalue weighted by Crippen LogP contribution is 1.80. The Morgan fingerprint density at radius 3 is 2.69 bits per heavy atom. The lowest BCUT2D eigenvalue weighted by Gasteiger charge is -1.77. The molecule has 0 aromatic carbocycles. The normalized spacial score (nSPS) is 7.38. The highest BCUT2D eigenvalue weighted by atomic mass is 16.4. The zero-order valence-corrected chi connectivity index (χ0v) is 7.00. The SMILES string of the molecule is C=C=CC#CC#CC=CCC(=O)O. The molecule has 0 aliphatic carbocycles. The van der Waals surface area contributed by atoms with E-state index in [0.717, 1.165) is 0 Å². The van der Waals surface area contributed by atoms with E-state index in [9.17, 15) is 4.79 Å². The van der Waals surface area contributed by atoms with Crippen molar-refractivity contribution in [2.24, 2.45) is 0 Å². The zero-order chi connectivity index (χ0) is 9.94. The zero-order valence-electron chi connectivity index (χ0n) is 7.00. The largest absolute Gasteiger partial charge is 0.481 e. The van der Waals surface area contributed by atoms with Crippen LogP contribution >= 0.6 is 0 Å². The molecule has 0 aromatic rings. The molecule has 0 atom stereocenters. The molecule has 0 spiro atoms. The molecule has 0 bridgehead atoms. The Bertz CT molecular complexity index is 360. The lowest BCUT2D eigenvalue weighted by Crippen LogP contribution is -1.89. The van der Waals surface area contributed by atoms with E-state index in [-0.39, 0.29) is 6.42 Å². The molecule has 0 radical (unpaired) electrons. The predicted octanol–water partition coefficient (Wildman–Crippen LogP) is 1.37. The van der Waals surface area contributed by atoms with Crippen molar-refractivity contribution in [2.75, 3.05) is 0 Å². The van der Waals surface area contributed by atoms with Crippen LogP contribution in [0, 0.1) is 23.7 Å². The molecule has 0 aliphatic heterocycles. The van der Waals surface area contributed by atoms with E-state index < -0.39 is 5.97 Å². The average molecular weight is 172 g/mol. The summed E-state index contributed by atoms with van der Waals surface area (Å²) in [6.45, 7) is 3.32. The Labute approximate surface area is 77.3 Å². The van der Waals surface area contributed by atoms with Crippen LogP contribution in [0.3, 0.4) is 0 Å². The van der Waals surface area contributed by atoms with E-state index in [1.165, 1.54) is 18.2 Å². The molecule has 0 rings (SSSR count). The van der Waals surface area contributed by atoms with Crippen LogP contribution in [-0.2, 0) is 4.79 Å². The van der Waals surface area contributed by atoms with Crippen LogP contribution in [0.4, 0.5) is 0 Å². The number of carboxylic acid groups (broad SMARTS) is 1. The van der Waals surface area contributed by atoms with Crippen LogP contribution < -0.4 is 0 Å². The third-order valence-corrected chi connectivity index (χ3v) is 0.875. The number of carboxylic acids is 1. The van der Waals surface area contributed by atoms with E-state index in [0.29, 0.717) is 0 Å². The van der Waals surface area contributed by atoms with Crippen molar-refractivity contribution in [1.29, 1.82) is 0 Å². The second-order valence-corrected chi connectivity index (χ2v) is 1.89. The fourth-order valence-electron chi connectivity index (χ4n) is 0.420. The molecular weight excluding hydrogens is 164 g/mol. The number of aliphatic carboxylic acids is 1. The molecule has 0 saturated carbocycles. The van der Waals surface area contributed by atoms with E-state index in [1.807, 2.05) is 0 Å². The maximum atomic E-state index is 10.0. The Kier molecular flexibility index (Phi) is 6.64. The number of allylic oxidation sites excluding steroid dienone is 2. The summed E-state index contributed by atoms with van der Waals surface area (Å²) in [5.74, 6) is 9.26. The Balaban J connectivity index is 3.88. The van der Waals surface area contributed by atoms with Crippen LogP contribution in [0.25, 0.3) is 0 Å². The van der Waals surface area contributed by atoms with Crippen molar-refractivity contribution in [3.8, 4) is 23.7 Å². The number of carbonyl (C=O) groups is 1. The van der Waals surface area contributed by atoms with Crippen LogP contribution in [0.5, 0.6) is 0 Å². The van der Waals surface area contributed by atoms with Gasteiger partial charge in [0.15, 0.2) is 0 Å². The van der Waals surface area contributed by atoms with E-state index in [4.69, 9.17) is 5.11 Å². The Morgan fingerprint density at radius 2 is 2.08 bits per heavy atom. The summed E-state index contributed by atoms with van der Waals surface area (Å²) in [5, 5.41) is 8.24. The first-order valence-electron chi connectivity index (χ1n) is 3.49. The monoisotopic (exact) mass is 172 g/mol. The van der Waals surface area contributed by atoms with Crippen molar-refractivity contribution in [1.82, 2.24) is 0 Å². The smallest absolute Gasteiger partial charge is 0.307 e. The van der Waals surface area contributed by atoms with Crippen molar-refractivity contribution >= 4 is 5.97 Å². The number of hydrogen-bond acceptors (Lipinski definition) is 1. The first-order chi connectivity index (χ1) is 6.27. The van der Waals surface area contributed by atoms with Crippen molar-refractivity contribution < 1.29 is 9.90 Å². The molecule has 0 aromatic heterocycles. The summed E-state index contributed by atoms with van der Waals surface area (Å²) in [6.07, 6.45) is 4.35. The standard InChI is InChI=1S/C11H8O2/c1-2-3-4-5-6-7-8-9-10-11(12)13/h3,8-9H,1,10H2,(H,12,13). The van der Waals surface area contributed by atoms with Gasteiger partial charge < -0.3 is 5.11 Å². The van der Waals surface area contributed by atoms with Crippen molar-refractivity contribution in [3.63, 3.8) is 0 Å². The average Bonchev–Trinajstić information content (AvgIpc) is 2.09. The minimum absolute atomic E-state index is 0.0192. The first kappa shape index (κ1) is 10.9. The number of rotatable bonds is 2. The molecule has 0 amide bonds.